The number of hydrogen-bond donors (Lipinski definition) is 1. The van der Waals surface area contributed by atoms with Gasteiger partial charge in [0.05, 0.1) is 12.1 Å². The summed E-state index contributed by atoms with van der Waals surface area (Å²) in [6, 6.07) is 6.06. The zero-order chi connectivity index (χ0) is 22.4. The molecule has 2 heterocycles. The smallest absolute Gasteiger partial charge is 0.357 e. The number of alkyl halides is 3. The van der Waals surface area contributed by atoms with E-state index in [1.54, 1.807) is 6.07 Å². The van der Waals surface area contributed by atoms with Crippen LogP contribution in [0.5, 0.6) is 0 Å². The van der Waals surface area contributed by atoms with Crippen LogP contribution >= 0.6 is 24.0 Å². The third-order valence-electron chi connectivity index (χ3n) is 6.10. The molecule has 1 aromatic carbocycles. The number of piperazine rings is 2. The lowest BCUT2D eigenvalue weighted by Gasteiger charge is -2.38. The van der Waals surface area contributed by atoms with Crippen molar-refractivity contribution < 1.29 is 13.2 Å². The lowest BCUT2D eigenvalue weighted by Crippen LogP contribution is -2.54. The summed E-state index contributed by atoms with van der Waals surface area (Å²) in [7, 11) is 4.31. The number of halogens is 4. The first-order valence-electron chi connectivity index (χ1n) is 11.1. The molecule has 1 atom stereocenters. The quantitative estimate of drug-likeness (QED) is 0.336. The summed E-state index contributed by atoms with van der Waals surface area (Å²) in [5, 5.41) is 3.41. The molecule has 6 nitrogen and oxygen atoms in total. The van der Waals surface area contributed by atoms with Crippen LogP contribution in [0.3, 0.4) is 0 Å². The fourth-order valence-corrected chi connectivity index (χ4v) is 4.14. The molecule has 3 rings (SSSR count). The van der Waals surface area contributed by atoms with E-state index < -0.39 is 11.7 Å². The van der Waals surface area contributed by atoms with Crippen LogP contribution in [0.2, 0.25) is 0 Å². The van der Waals surface area contributed by atoms with Gasteiger partial charge in [-0.1, -0.05) is 18.2 Å². The Morgan fingerprint density at radius 3 is 2.47 bits per heavy atom. The Morgan fingerprint density at radius 1 is 1.09 bits per heavy atom. The predicted molar refractivity (Wildman–Crippen MR) is 134 cm³/mol. The van der Waals surface area contributed by atoms with E-state index in [4.69, 9.17) is 4.99 Å². The van der Waals surface area contributed by atoms with Crippen molar-refractivity contribution in [2.75, 3.05) is 73.0 Å². The second-order valence-electron chi connectivity index (χ2n) is 8.55. The standard InChI is InChI=1S/C22H35F3N6.HI/c1-4-26-21(27-15-20-17-28(2)8-9-29(20)3)31-12-10-30(11-13-31)16-18-6-5-7-19(14-18)22(23,24)25;/h5-7,14,20H,4,8-13,15-17H2,1-3H3,(H,26,27);1H. The second kappa shape index (κ2) is 12.4. The first kappa shape index (κ1) is 27.1. The minimum Gasteiger partial charge on any atom is -0.357 e. The SMILES string of the molecule is CCNC(=NCC1CN(C)CCN1C)N1CCN(Cc2cccc(C(F)(F)F)c2)CC1.I. The normalized spacial score (nSPS) is 22.0. The summed E-state index contributed by atoms with van der Waals surface area (Å²) in [4.78, 5) is 14.1. The summed E-state index contributed by atoms with van der Waals surface area (Å²) in [5.74, 6) is 0.933. The number of likely N-dealkylation sites (N-methyl/N-ethyl adjacent to an activating group) is 2. The Labute approximate surface area is 206 Å². The highest BCUT2D eigenvalue weighted by atomic mass is 127. The highest BCUT2D eigenvalue weighted by Gasteiger charge is 2.30. The van der Waals surface area contributed by atoms with E-state index in [2.05, 4.69) is 45.9 Å². The van der Waals surface area contributed by atoms with Crippen molar-refractivity contribution in [3.63, 3.8) is 0 Å². The molecule has 2 saturated heterocycles. The van der Waals surface area contributed by atoms with Gasteiger partial charge >= 0.3 is 6.18 Å². The van der Waals surface area contributed by atoms with Crippen LogP contribution in [-0.2, 0) is 12.7 Å². The molecule has 1 aromatic rings. The van der Waals surface area contributed by atoms with E-state index in [1.165, 1.54) is 12.1 Å². The van der Waals surface area contributed by atoms with Crippen LogP contribution in [0.4, 0.5) is 13.2 Å². The van der Waals surface area contributed by atoms with E-state index in [1.807, 2.05) is 0 Å². The fraction of sp³-hybridized carbons (Fsp3) is 0.682. The van der Waals surface area contributed by atoms with E-state index in [0.29, 0.717) is 18.2 Å². The van der Waals surface area contributed by atoms with Gasteiger partial charge in [0.1, 0.15) is 0 Å². The van der Waals surface area contributed by atoms with Crippen molar-refractivity contribution in [2.24, 2.45) is 4.99 Å². The maximum atomic E-state index is 13.0. The second-order valence-corrected chi connectivity index (χ2v) is 8.55. The van der Waals surface area contributed by atoms with Gasteiger partial charge in [-0.25, -0.2) is 0 Å². The Balaban J connectivity index is 0.00000363. The molecule has 1 unspecified atom stereocenters. The minimum atomic E-state index is -4.30. The summed E-state index contributed by atoms with van der Waals surface area (Å²) < 4.78 is 38.9. The average molecular weight is 568 g/mol. The number of benzene rings is 1. The number of nitrogens with zero attached hydrogens (tertiary/aromatic N) is 5. The molecular formula is C22H36F3IN6. The molecule has 0 aliphatic carbocycles. The predicted octanol–water partition coefficient (Wildman–Crippen LogP) is 2.65. The highest BCUT2D eigenvalue weighted by molar-refractivity contribution is 14.0. The third kappa shape index (κ3) is 7.74. The zero-order valence-electron chi connectivity index (χ0n) is 19.2. The number of aliphatic imine (C=N–C) groups is 1. The van der Waals surface area contributed by atoms with E-state index >= 15 is 0 Å². The summed E-state index contributed by atoms with van der Waals surface area (Å²) in [6.45, 7) is 10.5. The zero-order valence-corrected chi connectivity index (χ0v) is 21.6. The maximum absolute atomic E-state index is 13.0. The molecule has 0 aromatic heterocycles. The van der Waals surface area contributed by atoms with Gasteiger partial charge in [-0.05, 0) is 32.6 Å². The molecule has 10 heteroatoms. The first-order valence-corrected chi connectivity index (χ1v) is 11.1. The molecule has 182 valence electrons. The van der Waals surface area contributed by atoms with Crippen LogP contribution in [0.25, 0.3) is 0 Å². The number of nitrogens with one attached hydrogen (secondary N) is 1. The molecule has 0 spiro atoms. The Morgan fingerprint density at radius 2 is 1.81 bits per heavy atom. The van der Waals surface area contributed by atoms with Gasteiger partial charge in [0, 0.05) is 64.9 Å². The van der Waals surface area contributed by atoms with Gasteiger partial charge in [0.2, 0.25) is 0 Å². The van der Waals surface area contributed by atoms with Gasteiger partial charge in [-0.15, -0.1) is 24.0 Å². The highest BCUT2D eigenvalue weighted by Crippen LogP contribution is 2.29. The lowest BCUT2D eigenvalue weighted by molar-refractivity contribution is -0.137. The molecule has 0 bridgehead atoms. The van der Waals surface area contributed by atoms with Gasteiger partial charge < -0.3 is 15.1 Å². The van der Waals surface area contributed by atoms with Crippen molar-refractivity contribution in [1.29, 1.82) is 0 Å². The molecule has 2 aliphatic heterocycles. The molecule has 2 aliphatic rings. The topological polar surface area (TPSA) is 37.4 Å². The lowest BCUT2D eigenvalue weighted by atomic mass is 10.1. The molecule has 0 amide bonds. The van der Waals surface area contributed by atoms with Gasteiger partial charge in [0.15, 0.2) is 5.96 Å². The first-order chi connectivity index (χ1) is 14.8. The maximum Gasteiger partial charge on any atom is 0.416 e. The van der Waals surface area contributed by atoms with Crippen LogP contribution in [0, 0.1) is 0 Å². The Hall–Kier alpha value is -1.11. The molecule has 0 radical (unpaired) electrons. The molecule has 32 heavy (non-hydrogen) atoms. The van der Waals surface area contributed by atoms with Crippen molar-refractivity contribution in [1.82, 2.24) is 24.9 Å². The summed E-state index contributed by atoms with van der Waals surface area (Å²) >= 11 is 0. The van der Waals surface area contributed by atoms with Crippen LogP contribution in [-0.4, -0.2) is 105 Å². The Bertz CT molecular complexity index is 737. The van der Waals surface area contributed by atoms with Crippen LogP contribution in [0.1, 0.15) is 18.1 Å². The molecule has 0 saturated carbocycles. The van der Waals surface area contributed by atoms with E-state index in [-0.39, 0.29) is 24.0 Å². The Kier molecular flexibility index (Phi) is 10.5. The van der Waals surface area contributed by atoms with Gasteiger partial charge in [-0.2, -0.15) is 13.2 Å². The van der Waals surface area contributed by atoms with Crippen molar-refractivity contribution in [3.05, 3.63) is 35.4 Å². The van der Waals surface area contributed by atoms with Crippen molar-refractivity contribution in [3.8, 4) is 0 Å². The minimum absolute atomic E-state index is 0. The van der Waals surface area contributed by atoms with E-state index in [0.717, 1.165) is 70.9 Å². The molecule has 1 N–H and O–H groups in total. The monoisotopic (exact) mass is 568 g/mol. The van der Waals surface area contributed by atoms with Gasteiger partial charge in [-0.3, -0.25) is 14.8 Å². The van der Waals surface area contributed by atoms with Crippen LogP contribution < -0.4 is 5.32 Å². The largest absolute Gasteiger partial charge is 0.416 e. The number of hydrogen-bond acceptors (Lipinski definition) is 4. The van der Waals surface area contributed by atoms with Crippen molar-refractivity contribution in [2.45, 2.75) is 25.7 Å². The van der Waals surface area contributed by atoms with Gasteiger partial charge in [0.25, 0.3) is 0 Å². The summed E-state index contributed by atoms with van der Waals surface area (Å²) in [6.07, 6.45) is -4.30. The summed E-state index contributed by atoms with van der Waals surface area (Å²) in [5.41, 5.74) is 0.122. The van der Waals surface area contributed by atoms with Crippen LogP contribution in [0.15, 0.2) is 29.3 Å². The van der Waals surface area contributed by atoms with E-state index in [9.17, 15) is 13.2 Å². The molecule has 2 fully saturated rings. The third-order valence-corrected chi connectivity index (χ3v) is 6.10. The fourth-order valence-electron chi connectivity index (χ4n) is 4.14. The number of rotatable bonds is 5. The number of guanidine groups is 1. The molecular weight excluding hydrogens is 532 g/mol. The van der Waals surface area contributed by atoms with Crippen molar-refractivity contribution >= 4 is 29.9 Å². The average Bonchev–Trinajstić information content (AvgIpc) is 2.73.